The molecule has 1 aliphatic carbocycles. The number of carbonyl (C=O) groups excluding carboxylic acids is 1. The summed E-state index contributed by atoms with van der Waals surface area (Å²) in [6.07, 6.45) is 6.36. The molecule has 1 saturated carbocycles. The second-order valence-corrected chi connectivity index (χ2v) is 7.52. The zero-order chi connectivity index (χ0) is 17.9. The zero-order valence-corrected chi connectivity index (χ0v) is 15.2. The van der Waals surface area contributed by atoms with Gasteiger partial charge in [0.15, 0.2) is 0 Å². The van der Waals surface area contributed by atoms with E-state index in [1.165, 1.54) is 18.5 Å². The molecule has 0 spiro atoms. The first-order valence-corrected chi connectivity index (χ1v) is 9.56. The van der Waals surface area contributed by atoms with Crippen LogP contribution in [0.3, 0.4) is 0 Å². The lowest BCUT2D eigenvalue weighted by Crippen LogP contribution is -2.32. The highest BCUT2D eigenvalue weighted by molar-refractivity contribution is 5.93. The number of aromatic nitrogens is 1. The van der Waals surface area contributed by atoms with Crippen molar-refractivity contribution in [3.63, 3.8) is 0 Å². The van der Waals surface area contributed by atoms with Crippen LogP contribution in [0.4, 0.5) is 17.1 Å². The van der Waals surface area contributed by atoms with Crippen LogP contribution in [0.15, 0.2) is 42.6 Å². The van der Waals surface area contributed by atoms with Gasteiger partial charge in [0.1, 0.15) is 5.69 Å². The molecule has 2 heterocycles. The number of anilines is 3. The minimum Gasteiger partial charge on any atom is -0.372 e. The summed E-state index contributed by atoms with van der Waals surface area (Å²) in [5, 5.41) is 6.34. The number of hydrogen-bond donors (Lipinski definition) is 2. The van der Waals surface area contributed by atoms with Crippen LogP contribution in [-0.2, 0) is 0 Å². The van der Waals surface area contributed by atoms with Gasteiger partial charge in [-0.15, -0.1) is 0 Å². The summed E-state index contributed by atoms with van der Waals surface area (Å²) < 4.78 is 0. The lowest BCUT2D eigenvalue weighted by molar-refractivity contribution is 0.0946. The second kappa shape index (κ2) is 7.36. The van der Waals surface area contributed by atoms with Crippen LogP contribution in [-0.4, -0.2) is 30.0 Å². The maximum absolute atomic E-state index is 12.1. The van der Waals surface area contributed by atoms with Gasteiger partial charge < -0.3 is 15.5 Å². The number of nitrogens with one attached hydrogen (secondary N) is 2. The van der Waals surface area contributed by atoms with Crippen LogP contribution in [0.25, 0.3) is 0 Å². The van der Waals surface area contributed by atoms with E-state index >= 15 is 0 Å². The number of piperidine rings is 1. The molecule has 2 aromatic rings. The Morgan fingerprint density at radius 3 is 2.46 bits per heavy atom. The van der Waals surface area contributed by atoms with Gasteiger partial charge in [0, 0.05) is 42.4 Å². The molecule has 2 N–H and O–H groups in total. The summed E-state index contributed by atoms with van der Waals surface area (Å²) in [5.74, 6) is 0.746. The standard InChI is InChI=1S/C21H26N4O/c1-15-9-12-25(13-10-15)19-6-4-16(5-7-19)23-18-8-11-22-20(14-18)21(26)24-17-2-3-17/h4-8,11,14-15,17H,2-3,9-10,12-13H2,1H3,(H,22,23)(H,24,26). The van der Waals surface area contributed by atoms with Gasteiger partial charge in [-0.05, 0) is 68.0 Å². The van der Waals surface area contributed by atoms with Crippen molar-refractivity contribution in [2.75, 3.05) is 23.3 Å². The Bertz CT molecular complexity index is 762. The molecule has 2 fully saturated rings. The molecule has 136 valence electrons. The lowest BCUT2D eigenvalue weighted by Gasteiger charge is -2.32. The van der Waals surface area contributed by atoms with Crippen LogP contribution in [0.2, 0.25) is 0 Å². The predicted octanol–water partition coefficient (Wildman–Crippen LogP) is 3.95. The van der Waals surface area contributed by atoms with Gasteiger partial charge in [-0.3, -0.25) is 9.78 Å². The third-order valence-electron chi connectivity index (χ3n) is 5.21. The van der Waals surface area contributed by atoms with Crippen molar-refractivity contribution < 1.29 is 4.79 Å². The van der Waals surface area contributed by atoms with Crippen molar-refractivity contribution in [3.8, 4) is 0 Å². The van der Waals surface area contributed by atoms with Gasteiger partial charge >= 0.3 is 0 Å². The van der Waals surface area contributed by atoms with Crippen molar-refractivity contribution in [1.29, 1.82) is 0 Å². The first kappa shape index (κ1) is 16.9. The molecule has 1 aliphatic heterocycles. The largest absolute Gasteiger partial charge is 0.372 e. The molecule has 0 bridgehead atoms. The monoisotopic (exact) mass is 350 g/mol. The van der Waals surface area contributed by atoms with E-state index in [2.05, 4.69) is 51.7 Å². The average molecular weight is 350 g/mol. The molecule has 1 saturated heterocycles. The maximum atomic E-state index is 12.1. The van der Waals surface area contributed by atoms with E-state index in [1.807, 2.05) is 6.07 Å². The van der Waals surface area contributed by atoms with E-state index in [-0.39, 0.29) is 5.91 Å². The van der Waals surface area contributed by atoms with E-state index in [9.17, 15) is 4.79 Å². The van der Waals surface area contributed by atoms with Crippen LogP contribution in [0.5, 0.6) is 0 Å². The highest BCUT2D eigenvalue weighted by Gasteiger charge is 2.24. The van der Waals surface area contributed by atoms with E-state index in [0.717, 1.165) is 43.2 Å². The Morgan fingerprint density at radius 1 is 1.04 bits per heavy atom. The van der Waals surface area contributed by atoms with Crippen molar-refractivity contribution in [1.82, 2.24) is 10.3 Å². The molecule has 2 aliphatic rings. The summed E-state index contributed by atoms with van der Waals surface area (Å²) in [6, 6.07) is 12.5. The minimum atomic E-state index is -0.0918. The molecule has 4 rings (SSSR count). The van der Waals surface area contributed by atoms with Crippen LogP contribution in [0.1, 0.15) is 43.1 Å². The fourth-order valence-electron chi connectivity index (χ4n) is 3.31. The van der Waals surface area contributed by atoms with Crippen LogP contribution >= 0.6 is 0 Å². The Hall–Kier alpha value is -2.56. The Labute approximate surface area is 154 Å². The fourth-order valence-corrected chi connectivity index (χ4v) is 3.31. The van der Waals surface area contributed by atoms with Crippen molar-refractivity contribution >= 4 is 23.0 Å². The minimum absolute atomic E-state index is 0.0918. The topological polar surface area (TPSA) is 57.3 Å². The molecule has 0 unspecified atom stereocenters. The third-order valence-corrected chi connectivity index (χ3v) is 5.21. The molecular weight excluding hydrogens is 324 g/mol. The van der Waals surface area contributed by atoms with Gasteiger partial charge in [-0.25, -0.2) is 0 Å². The Balaban J connectivity index is 1.40. The highest BCUT2D eigenvalue weighted by Crippen LogP contribution is 2.25. The van der Waals surface area contributed by atoms with Crippen LogP contribution in [0, 0.1) is 5.92 Å². The zero-order valence-electron chi connectivity index (χ0n) is 15.2. The molecule has 5 nitrogen and oxygen atoms in total. The SMILES string of the molecule is CC1CCN(c2ccc(Nc3ccnc(C(=O)NC4CC4)c3)cc2)CC1. The lowest BCUT2D eigenvalue weighted by atomic mass is 9.99. The smallest absolute Gasteiger partial charge is 0.270 e. The van der Waals surface area contributed by atoms with E-state index in [1.54, 1.807) is 12.3 Å². The number of rotatable bonds is 5. The summed E-state index contributed by atoms with van der Waals surface area (Å²) in [5.41, 5.74) is 3.63. The molecule has 26 heavy (non-hydrogen) atoms. The fraction of sp³-hybridized carbons (Fsp3) is 0.429. The van der Waals surface area contributed by atoms with Gasteiger partial charge in [-0.1, -0.05) is 6.92 Å². The number of pyridine rings is 1. The van der Waals surface area contributed by atoms with E-state index in [0.29, 0.717) is 11.7 Å². The molecule has 1 amide bonds. The summed E-state index contributed by atoms with van der Waals surface area (Å²) in [7, 11) is 0. The molecular formula is C21H26N4O. The van der Waals surface area contributed by atoms with E-state index < -0.39 is 0 Å². The van der Waals surface area contributed by atoms with Crippen LogP contribution < -0.4 is 15.5 Å². The van der Waals surface area contributed by atoms with Gasteiger partial charge in [0.25, 0.3) is 5.91 Å². The van der Waals surface area contributed by atoms with Crippen molar-refractivity contribution in [3.05, 3.63) is 48.3 Å². The van der Waals surface area contributed by atoms with Crippen molar-refractivity contribution in [2.24, 2.45) is 5.92 Å². The van der Waals surface area contributed by atoms with Gasteiger partial charge in [0.2, 0.25) is 0 Å². The number of carbonyl (C=O) groups is 1. The molecule has 0 radical (unpaired) electrons. The number of nitrogens with zero attached hydrogens (tertiary/aromatic N) is 2. The quantitative estimate of drug-likeness (QED) is 0.857. The molecule has 1 aromatic carbocycles. The molecule has 1 aromatic heterocycles. The third kappa shape index (κ3) is 4.15. The normalized spacial score (nSPS) is 17.8. The average Bonchev–Trinajstić information content (AvgIpc) is 3.47. The van der Waals surface area contributed by atoms with Gasteiger partial charge in [-0.2, -0.15) is 0 Å². The number of hydrogen-bond acceptors (Lipinski definition) is 4. The number of benzene rings is 1. The summed E-state index contributed by atoms with van der Waals surface area (Å²) >= 11 is 0. The summed E-state index contributed by atoms with van der Waals surface area (Å²) in [6.45, 7) is 4.60. The Kier molecular flexibility index (Phi) is 4.78. The molecule has 5 heteroatoms. The number of amides is 1. The highest BCUT2D eigenvalue weighted by atomic mass is 16.2. The van der Waals surface area contributed by atoms with Gasteiger partial charge in [0.05, 0.1) is 0 Å². The first-order chi connectivity index (χ1) is 12.7. The first-order valence-electron chi connectivity index (χ1n) is 9.56. The van der Waals surface area contributed by atoms with E-state index in [4.69, 9.17) is 0 Å². The Morgan fingerprint density at radius 2 is 1.77 bits per heavy atom. The predicted molar refractivity (Wildman–Crippen MR) is 105 cm³/mol. The maximum Gasteiger partial charge on any atom is 0.270 e. The molecule has 0 atom stereocenters. The second-order valence-electron chi connectivity index (χ2n) is 7.52. The van der Waals surface area contributed by atoms with Crippen molar-refractivity contribution in [2.45, 2.75) is 38.6 Å². The summed E-state index contributed by atoms with van der Waals surface area (Å²) in [4.78, 5) is 18.8.